The molecule has 198 valence electrons. The van der Waals surface area contributed by atoms with Gasteiger partial charge >= 0.3 is 0 Å². The normalized spacial score (nSPS) is 16.6. The van der Waals surface area contributed by atoms with Crippen LogP contribution in [0.15, 0.2) is 60.8 Å². The molecule has 2 heterocycles. The molecule has 0 bridgehead atoms. The van der Waals surface area contributed by atoms with Gasteiger partial charge in [-0.05, 0) is 48.0 Å². The van der Waals surface area contributed by atoms with E-state index in [1.807, 2.05) is 30.3 Å². The summed E-state index contributed by atoms with van der Waals surface area (Å²) in [7, 11) is 1.61. The number of hydrogen-bond donors (Lipinski definition) is 2. The number of likely N-dealkylation sites (N-methyl/N-ethyl adjacent to an activating group) is 1. The lowest BCUT2D eigenvalue weighted by Gasteiger charge is -2.44. The van der Waals surface area contributed by atoms with Gasteiger partial charge in [-0.2, -0.15) is 5.26 Å². The summed E-state index contributed by atoms with van der Waals surface area (Å²) >= 11 is 12.7. The van der Waals surface area contributed by atoms with E-state index in [9.17, 15) is 15.2 Å². The lowest BCUT2D eigenvalue weighted by molar-refractivity contribution is 0.0765. The zero-order valence-electron chi connectivity index (χ0n) is 21.0. The van der Waals surface area contributed by atoms with Crippen LogP contribution in [0, 0.1) is 11.3 Å². The second kappa shape index (κ2) is 12.6. The van der Waals surface area contributed by atoms with Crippen molar-refractivity contribution in [3.05, 3.63) is 93.2 Å². The number of nitrogens with zero attached hydrogens (tertiary/aromatic N) is 5. The summed E-state index contributed by atoms with van der Waals surface area (Å²) in [5.41, 5.74) is 3.28. The quantitative estimate of drug-likeness (QED) is 0.435. The van der Waals surface area contributed by atoms with Crippen LogP contribution in [0.3, 0.4) is 0 Å². The monoisotopic (exact) mass is 553 g/mol. The predicted octanol–water partition coefficient (Wildman–Crippen LogP) is 3.92. The van der Waals surface area contributed by atoms with Crippen molar-refractivity contribution in [3.8, 4) is 6.07 Å². The third-order valence-corrected chi connectivity index (χ3v) is 7.25. The number of pyridine rings is 1. The van der Waals surface area contributed by atoms with E-state index in [4.69, 9.17) is 28.3 Å². The highest BCUT2D eigenvalue weighted by atomic mass is 35.5. The maximum atomic E-state index is 12.4. The minimum absolute atomic E-state index is 0.0614. The Morgan fingerprint density at radius 1 is 1.18 bits per heavy atom. The maximum Gasteiger partial charge on any atom is 0.255 e. The third-order valence-electron chi connectivity index (χ3n) is 6.69. The molecule has 2 atom stereocenters. The maximum absolute atomic E-state index is 12.4. The summed E-state index contributed by atoms with van der Waals surface area (Å²) in [5.74, 6) is -0.240. The number of carbonyl (C=O) groups is 1. The SMILES string of the molecule is CN(CCO)C(=O)c1ccc([C@H](O)CN2CCN(c3ccc(C#N)cc3Cl)[C@H](c3ccc(Cl)cc3)C2)nc1. The molecule has 1 aromatic heterocycles. The zero-order chi connectivity index (χ0) is 27.2. The van der Waals surface area contributed by atoms with E-state index in [0.717, 1.165) is 11.3 Å². The van der Waals surface area contributed by atoms with Gasteiger partial charge in [-0.15, -0.1) is 0 Å². The molecule has 1 amide bonds. The van der Waals surface area contributed by atoms with Gasteiger partial charge in [0.15, 0.2) is 0 Å². The van der Waals surface area contributed by atoms with Gasteiger partial charge in [0.1, 0.15) is 6.10 Å². The van der Waals surface area contributed by atoms with Crippen LogP contribution in [0.4, 0.5) is 5.69 Å². The van der Waals surface area contributed by atoms with E-state index >= 15 is 0 Å². The van der Waals surface area contributed by atoms with Gasteiger partial charge in [-0.1, -0.05) is 35.3 Å². The first kappa shape index (κ1) is 27.8. The van der Waals surface area contributed by atoms with E-state index < -0.39 is 6.10 Å². The molecule has 1 aliphatic rings. The van der Waals surface area contributed by atoms with Crippen LogP contribution in [0.25, 0.3) is 0 Å². The molecule has 0 saturated carbocycles. The summed E-state index contributed by atoms with van der Waals surface area (Å²) in [5, 5.41) is 30.4. The van der Waals surface area contributed by atoms with Gasteiger partial charge in [-0.3, -0.25) is 14.7 Å². The van der Waals surface area contributed by atoms with Crippen LogP contribution in [0.2, 0.25) is 10.0 Å². The van der Waals surface area contributed by atoms with Crippen molar-refractivity contribution >= 4 is 34.8 Å². The minimum atomic E-state index is -0.842. The Hall–Kier alpha value is -3.19. The van der Waals surface area contributed by atoms with Crippen molar-refractivity contribution in [2.24, 2.45) is 0 Å². The van der Waals surface area contributed by atoms with Crippen molar-refractivity contribution in [2.45, 2.75) is 12.1 Å². The molecule has 10 heteroatoms. The van der Waals surface area contributed by atoms with Crippen molar-refractivity contribution < 1.29 is 15.0 Å². The number of nitriles is 1. The molecule has 2 N–H and O–H groups in total. The Bertz CT molecular complexity index is 1300. The second-order valence-electron chi connectivity index (χ2n) is 9.24. The van der Waals surface area contributed by atoms with E-state index in [0.29, 0.717) is 53.0 Å². The fraction of sp³-hybridized carbons (Fsp3) is 0.321. The molecular weight excluding hydrogens is 525 g/mol. The average Bonchev–Trinajstić information content (AvgIpc) is 2.93. The number of benzene rings is 2. The number of rotatable bonds is 8. The lowest BCUT2D eigenvalue weighted by Crippen LogP contribution is -2.49. The van der Waals surface area contributed by atoms with Crippen molar-refractivity contribution in [2.75, 3.05) is 51.3 Å². The molecule has 1 aliphatic heterocycles. The summed E-state index contributed by atoms with van der Waals surface area (Å²) in [6.45, 7) is 2.44. The Morgan fingerprint density at radius 3 is 2.58 bits per heavy atom. The zero-order valence-corrected chi connectivity index (χ0v) is 22.5. The molecule has 1 saturated heterocycles. The number of aliphatic hydroxyl groups is 2. The molecule has 0 spiro atoms. The standard InChI is InChI=1S/C28H29Cl2N5O3/c1-33(12-13-36)28(38)21-5-8-24(32-16-21)27(37)18-34-10-11-35(25-9-2-19(15-31)14-23(25)30)26(17-34)20-3-6-22(29)7-4-20/h2-9,14,16,26-27,36-37H,10-13,17-18H2,1H3/t26-,27+/m0/s1. The summed E-state index contributed by atoms with van der Waals surface area (Å²) in [6, 6.07) is 18.4. The van der Waals surface area contributed by atoms with E-state index in [1.54, 1.807) is 31.3 Å². The van der Waals surface area contributed by atoms with Crippen molar-refractivity contribution in [1.82, 2.24) is 14.8 Å². The molecular formula is C28H29Cl2N5O3. The highest BCUT2D eigenvalue weighted by Gasteiger charge is 2.31. The molecule has 2 aromatic carbocycles. The van der Waals surface area contributed by atoms with Crippen LogP contribution < -0.4 is 4.90 Å². The van der Waals surface area contributed by atoms with Gasteiger partial charge in [0.25, 0.3) is 5.91 Å². The molecule has 38 heavy (non-hydrogen) atoms. The van der Waals surface area contributed by atoms with Crippen LogP contribution in [-0.4, -0.2) is 77.3 Å². The topological polar surface area (TPSA) is 104 Å². The number of piperazine rings is 1. The predicted molar refractivity (Wildman–Crippen MR) is 147 cm³/mol. The van der Waals surface area contributed by atoms with Crippen molar-refractivity contribution in [1.29, 1.82) is 5.26 Å². The van der Waals surface area contributed by atoms with Gasteiger partial charge in [-0.25, -0.2) is 0 Å². The fourth-order valence-electron chi connectivity index (χ4n) is 4.61. The Morgan fingerprint density at radius 2 is 1.95 bits per heavy atom. The highest BCUT2D eigenvalue weighted by Crippen LogP contribution is 2.36. The largest absolute Gasteiger partial charge is 0.395 e. The van der Waals surface area contributed by atoms with Crippen LogP contribution >= 0.6 is 23.2 Å². The third kappa shape index (κ3) is 6.44. The Kier molecular flexibility index (Phi) is 9.21. The molecule has 0 unspecified atom stereocenters. The first-order valence-electron chi connectivity index (χ1n) is 12.2. The van der Waals surface area contributed by atoms with Gasteiger partial charge in [0, 0.05) is 51.0 Å². The summed E-state index contributed by atoms with van der Waals surface area (Å²) in [6.07, 6.45) is 0.612. The molecule has 1 fully saturated rings. The number of β-amino-alcohol motifs (C(OH)–C–C–N with tert-alkyl or cyclic N) is 1. The Labute approximate surface area is 232 Å². The number of aliphatic hydroxyl groups excluding tert-OH is 2. The van der Waals surface area contributed by atoms with Crippen LogP contribution in [-0.2, 0) is 0 Å². The van der Waals surface area contributed by atoms with Gasteiger partial charge in [0.05, 0.1) is 46.2 Å². The first-order chi connectivity index (χ1) is 18.3. The fourth-order valence-corrected chi connectivity index (χ4v) is 5.03. The van der Waals surface area contributed by atoms with E-state index in [2.05, 4.69) is 20.9 Å². The number of carbonyl (C=O) groups excluding carboxylic acids is 1. The number of hydrogen-bond acceptors (Lipinski definition) is 7. The molecule has 8 nitrogen and oxygen atoms in total. The first-order valence-corrected chi connectivity index (χ1v) is 13.0. The molecule has 0 radical (unpaired) electrons. The molecule has 4 rings (SSSR count). The van der Waals surface area contributed by atoms with Crippen LogP contribution in [0.1, 0.15) is 39.3 Å². The van der Waals surface area contributed by atoms with E-state index in [-0.39, 0.29) is 25.1 Å². The number of amides is 1. The van der Waals surface area contributed by atoms with Crippen LogP contribution in [0.5, 0.6) is 0 Å². The van der Waals surface area contributed by atoms with Gasteiger partial charge < -0.3 is 20.0 Å². The number of aromatic nitrogens is 1. The number of halogens is 2. The summed E-state index contributed by atoms with van der Waals surface area (Å²) in [4.78, 5) is 22.5. The van der Waals surface area contributed by atoms with Crippen molar-refractivity contribution in [3.63, 3.8) is 0 Å². The molecule has 0 aliphatic carbocycles. The van der Waals surface area contributed by atoms with E-state index in [1.165, 1.54) is 11.1 Å². The second-order valence-corrected chi connectivity index (χ2v) is 10.1. The average molecular weight is 554 g/mol. The van der Waals surface area contributed by atoms with Gasteiger partial charge in [0.2, 0.25) is 0 Å². The summed E-state index contributed by atoms with van der Waals surface area (Å²) < 4.78 is 0. The molecule has 3 aromatic rings. The highest BCUT2D eigenvalue weighted by molar-refractivity contribution is 6.33. The minimum Gasteiger partial charge on any atom is -0.395 e. The lowest BCUT2D eigenvalue weighted by atomic mass is 10.0. The Balaban J connectivity index is 1.50. The number of anilines is 1. The smallest absolute Gasteiger partial charge is 0.255 e.